The van der Waals surface area contributed by atoms with Crippen molar-refractivity contribution < 1.29 is 13.7 Å². The summed E-state index contributed by atoms with van der Waals surface area (Å²) in [5.74, 6) is 0.125. The number of hydrogen-bond acceptors (Lipinski definition) is 4. The molecule has 2 aromatic heterocycles. The number of amides is 1. The molecule has 0 atom stereocenters. The van der Waals surface area contributed by atoms with Crippen LogP contribution >= 0.6 is 15.9 Å². The van der Waals surface area contributed by atoms with Crippen molar-refractivity contribution >= 4 is 21.8 Å². The zero-order chi connectivity index (χ0) is 21.8. The molecule has 0 unspecified atom stereocenters. The smallest absolute Gasteiger partial charge is 0.274 e. The Kier molecular flexibility index (Phi) is 6.27. The first-order chi connectivity index (χ1) is 15.0. The molecule has 2 aromatic carbocycles. The molecule has 158 valence electrons. The van der Waals surface area contributed by atoms with Crippen LogP contribution in [0.15, 0.2) is 69.8 Å². The van der Waals surface area contributed by atoms with Crippen molar-refractivity contribution in [3.05, 3.63) is 82.2 Å². The molecule has 0 radical (unpaired) electrons. The van der Waals surface area contributed by atoms with Gasteiger partial charge in [0.25, 0.3) is 5.89 Å². The van der Waals surface area contributed by atoms with E-state index in [-0.39, 0.29) is 24.2 Å². The van der Waals surface area contributed by atoms with Gasteiger partial charge < -0.3 is 14.4 Å². The molecule has 31 heavy (non-hydrogen) atoms. The van der Waals surface area contributed by atoms with Gasteiger partial charge in [-0.3, -0.25) is 4.79 Å². The number of benzene rings is 2. The number of nitrogens with zero attached hydrogens (tertiary/aromatic N) is 3. The summed E-state index contributed by atoms with van der Waals surface area (Å²) in [4.78, 5) is 16.8. The first-order valence-corrected chi connectivity index (χ1v) is 10.6. The van der Waals surface area contributed by atoms with Gasteiger partial charge in [0.2, 0.25) is 11.7 Å². The third-order valence-corrected chi connectivity index (χ3v) is 5.50. The third-order valence-electron chi connectivity index (χ3n) is 4.89. The molecule has 0 saturated carbocycles. The van der Waals surface area contributed by atoms with Crippen molar-refractivity contribution in [1.82, 2.24) is 20.0 Å². The van der Waals surface area contributed by atoms with Crippen LogP contribution in [0.1, 0.15) is 18.1 Å². The van der Waals surface area contributed by atoms with Gasteiger partial charge in [-0.1, -0.05) is 36.3 Å². The average Bonchev–Trinajstić information content (AvgIpc) is 3.44. The van der Waals surface area contributed by atoms with Crippen LogP contribution in [-0.2, 0) is 24.3 Å². The second-order valence-corrected chi connectivity index (χ2v) is 7.87. The van der Waals surface area contributed by atoms with Crippen LogP contribution in [0.25, 0.3) is 23.0 Å². The van der Waals surface area contributed by atoms with Crippen molar-refractivity contribution in [2.45, 2.75) is 26.4 Å². The molecular weight excluding hydrogens is 463 g/mol. The summed E-state index contributed by atoms with van der Waals surface area (Å²) in [7, 11) is 0. The van der Waals surface area contributed by atoms with E-state index in [9.17, 15) is 9.18 Å². The Morgan fingerprint density at radius 3 is 2.68 bits per heavy atom. The van der Waals surface area contributed by atoms with Gasteiger partial charge in [0.15, 0.2) is 0 Å². The summed E-state index contributed by atoms with van der Waals surface area (Å²) in [6, 6.07) is 16.3. The van der Waals surface area contributed by atoms with E-state index in [1.807, 2.05) is 18.2 Å². The molecule has 6 nitrogen and oxygen atoms in total. The molecule has 8 heteroatoms. The Hall–Kier alpha value is -3.26. The Labute approximate surface area is 187 Å². The maximum atomic E-state index is 13.5. The van der Waals surface area contributed by atoms with Gasteiger partial charge in [-0.15, -0.1) is 0 Å². The fraction of sp³-hybridized carbons (Fsp3) is 0.174. The fourth-order valence-electron chi connectivity index (χ4n) is 3.13. The maximum Gasteiger partial charge on any atom is 0.274 e. The lowest BCUT2D eigenvalue weighted by Crippen LogP contribution is -2.27. The van der Waals surface area contributed by atoms with Gasteiger partial charge in [0, 0.05) is 18.3 Å². The van der Waals surface area contributed by atoms with Crippen LogP contribution in [-0.4, -0.2) is 20.6 Å². The van der Waals surface area contributed by atoms with E-state index < -0.39 is 0 Å². The Morgan fingerprint density at radius 2 is 1.94 bits per heavy atom. The molecule has 0 fully saturated rings. The van der Waals surface area contributed by atoms with Crippen LogP contribution < -0.4 is 5.32 Å². The summed E-state index contributed by atoms with van der Waals surface area (Å²) < 4.78 is 20.9. The van der Waals surface area contributed by atoms with Crippen LogP contribution in [0.5, 0.6) is 0 Å². The monoisotopic (exact) mass is 482 g/mol. The molecule has 2 heterocycles. The first kappa shape index (κ1) is 21.0. The number of hydrogen-bond donors (Lipinski definition) is 1. The number of halogens is 2. The molecule has 0 spiro atoms. The van der Waals surface area contributed by atoms with Crippen LogP contribution in [0.2, 0.25) is 0 Å². The maximum absolute atomic E-state index is 13.5. The summed E-state index contributed by atoms with van der Waals surface area (Å²) in [5.41, 5.74) is 3.56. The number of aromatic nitrogens is 3. The van der Waals surface area contributed by atoms with Gasteiger partial charge in [0.05, 0.1) is 4.47 Å². The van der Waals surface area contributed by atoms with E-state index in [4.69, 9.17) is 4.52 Å². The van der Waals surface area contributed by atoms with E-state index in [0.717, 1.165) is 12.0 Å². The van der Waals surface area contributed by atoms with E-state index in [1.165, 1.54) is 11.6 Å². The molecule has 0 aliphatic heterocycles. The largest absolute Gasteiger partial charge is 0.350 e. The highest BCUT2D eigenvalue weighted by Crippen LogP contribution is 2.26. The highest BCUT2D eigenvalue weighted by atomic mass is 79.9. The van der Waals surface area contributed by atoms with Crippen LogP contribution in [0.4, 0.5) is 4.39 Å². The number of carbonyl (C=O) groups is 1. The van der Waals surface area contributed by atoms with E-state index in [2.05, 4.69) is 50.4 Å². The average molecular weight is 483 g/mol. The van der Waals surface area contributed by atoms with Gasteiger partial charge in [-0.25, -0.2) is 4.39 Å². The lowest BCUT2D eigenvalue weighted by atomic mass is 10.1. The topological polar surface area (TPSA) is 73.0 Å². The van der Waals surface area contributed by atoms with E-state index in [0.29, 0.717) is 28.1 Å². The summed E-state index contributed by atoms with van der Waals surface area (Å²) >= 11 is 3.16. The molecule has 4 rings (SSSR count). The van der Waals surface area contributed by atoms with Crippen molar-refractivity contribution in [3.63, 3.8) is 0 Å². The van der Waals surface area contributed by atoms with Gasteiger partial charge in [0.1, 0.15) is 18.1 Å². The molecule has 1 N–H and O–H groups in total. The predicted molar refractivity (Wildman–Crippen MR) is 118 cm³/mol. The van der Waals surface area contributed by atoms with E-state index in [1.54, 1.807) is 29.0 Å². The van der Waals surface area contributed by atoms with Crippen molar-refractivity contribution in [2.75, 3.05) is 0 Å². The third kappa shape index (κ3) is 4.91. The number of rotatable bonds is 7. The zero-order valence-corrected chi connectivity index (χ0v) is 18.4. The SMILES string of the molecule is CCc1ccc(CNC(=O)Cn2cccc2-c2nc(-c3ccc(F)c(Br)c3)no2)cc1. The molecule has 0 saturated heterocycles. The number of aryl methyl sites for hydroxylation is 1. The second kappa shape index (κ2) is 9.26. The second-order valence-electron chi connectivity index (χ2n) is 7.02. The Bertz CT molecular complexity index is 1200. The lowest BCUT2D eigenvalue weighted by Gasteiger charge is -2.08. The quantitative estimate of drug-likeness (QED) is 0.402. The summed E-state index contributed by atoms with van der Waals surface area (Å²) in [5, 5.41) is 6.91. The molecule has 0 aliphatic carbocycles. The Morgan fingerprint density at radius 1 is 1.16 bits per heavy atom. The highest BCUT2D eigenvalue weighted by molar-refractivity contribution is 9.10. The molecule has 0 bridgehead atoms. The first-order valence-electron chi connectivity index (χ1n) is 9.82. The number of carbonyl (C=O) groups excluding carboxylic acids is 1. The minimum atomic E-state index is -0.367. The van der Waals surface area contributed by atoms with Crippen LogP contribution in [0, 0.1) is 5.82 Å². The number of nitrogens with one attached hydrogen (secondary N) is 1. The fourth-order valence-corrected chi connectivity index (χ4v) is 3.51. The van der Waals surface area contributed by atoms with Crippen molar-refractivity contribution in [3.8, 4) is 23.0 Å². The summed E-state index contributed by atoms with van der Waals surface area (Å²) in [6.45, 7) is 2.69. The lowest BCUT2D eigenvalue weighted by molar-refractivity contribution is -0.121. The Balaban J connectivity index is 1.43. The molecule has 0 aliphatic rings. The van der Waals surface area contributed by atoms with Gasteiger partial charge in [-0.05, 0) is 63.8 Å². The summed E-state index contributed by atoms with van der Waals surface area (Å²) in [6.07, 6.45) is 2.77. The normalized spacial score (nSPS) is 10.9. The van der Waals surface area contributed by atoms with Gasteiger partial charge >= 0.3 is 0 Å². The standard InChI is InChI=1S/C23H20BrFN4O2/c1-2-15-5-7-16(8-6-15)13-26-21(30)14-29-11-3-4-20(29)23-27-22(28-31-23)17-9-10-19(25)18(24)12-17/h3-12H,2,13-14H2,1H3,(H,26,30). The zero-order valence-electron chi connectivity index (χ0n) is 16.8. The molecule has 4 aromatic rings. The molecular formula is C23H20BrFN4O2. The minimum absolute atomic E-state index is 0.120. The van der Waals surface area contributed by atoms with Gasteiger partial charge in [-0.2, -0.15) is 4.98 Å². The predicted octanol–water partition coefficient (Wildman–Crippen LogP) is 4.99. The van der Waals surface area contributed by atoms with Crippen molar-refractivity contribution in [2.24, 2.45) is 0 Å². The highest BCUT2D eigenvalue weighted by Gasteiger charge is 2.16. The van der Waals surface area contributed by atoms with Crippen LogP contribution in [0.3, 0.4) is 0 Å². The van der Waals surface area contributed by atoms with E-state index >= 15 is 0 Å². The minimum Gasteiger partial charge on any atom is -0.350 e. The van der Waals surface area contributed by atoms with Crippen molar-refractivity contribution in [1.29, 1.82) is 0 Å². The molecule has 1 amide bonds.